The van der Waals surface area contributed by atoms with Crippen molar-refractivity contribution in [2.24, 2.45) is 0 Å². The molecule has 0 saturated heterocycles. The van der Waals surface area contributed by atoms with Crippen molar-refractivity contribution in [3.8, 4) is 5.75 Å². The van der Waals surface area contributed by atoms with Crippen molar-refractivity contribution in [1.29, 1.82) is 0 Å². The van der Waals surface area contributed by atoms with Crippen LogP contribution in [0, 0.1) is 0 Å². The zero-order chi connectivity index (χ0) is 17.6. The van der Waals surface area contributed by atoms with Gasteiger partial charge in [-0.15, -0.1) is 0 Å². The molecule has 1 heterocycles. The Morgan fingerprint density at radius 3 is 2.60 bits per heavy atom. The molecule has 0 atom stereocenters. The Morgan fingerprint density at radius 2 is 1.84 bits per heavy atom. The summed E-state index contributed by atoms with van der Waals surface area (Å²) in [4.78, 5) is 16.4. The van der Waals surface area contributed by atoms with Crippen molar-refractivity contribution in [2.75, 3.05) is 5.32 Å². The van der Waals surface area contributed by atoms with E-state index in [9.17, 15) is 4.79 Å². The predicted octanol–water partition coefficient (Wildman–Crippen LogP) is 5.22. The molecule has 4 nitrogen and oxygen atoms in total. The number of aromatic nitrogens is 1. The molecule has 0 aliphatic carbocycles. The van der Waals surface area contributed by atoms with Crippen LogP contribution in [0.5, 0.6) is 5.75 Å². The van der Waals surface area contributed by atoms with Gasteiger partial charge in [0.2, 0.25) is 0 Å². The lowest BCUT2D eigenvalue weighted by Gasteiger charge is -2.09. The number of benzene rings is 2. The molecule has 1 amide bonds. The lowest BCUT2D eigenvalue weighted by atomic mass is 10.1. The first-order valence-electron chi connectivity index (χ1n) is 7.50. The van der Waals surface area contributed by atoms with E-state index in [0.29, 0.717) is 33.8 Å². The highest BCUT2D eigenvalue weighted by molar-refractivity contribution is 6.30. The van der Waals surface area contributed by atoms with E-state index in [-0.39, 0.29) is 5.91 Å². The van der Waals surface area contributed by atoms with Crippen LogP contribution in [0.4, 0.5) is 5.82 Å². The second kappa shape index (κ2) is 8.01. The van der Waals surface area contributed by atoms with Crippen molar-refractivity contribution < 1.29 is 9.53 Å². The minimum Gasteiger partial charge on any atom is -0.489 e. The number of anilines is 1. The summed E-state index contributed by atoms with van der Waals surface area (Å²) in [5.41, 5.74) is 1.39. The molecule has 3 rings (SSSR count). The van der Waals surface area contributed by atoms with Crippen LogP contribution < -0.4 is 10.1 Å². The smallest absolute Gasteiger partial charge is 0.256 e. The number of nitrogens with one attached hydrogen (secondary N) is 1. The Bertz CT molecular complexity index is 883. The zero-order valence-electron chi connectivity index (χ0n) is 13.1. The largest absolute Gasteiger partial charge is 0.489 e. The van der Waals surface area contributed by atoms with Crippen molar-refractivity contribution in [3.05, 3.63) is 88.0 Å². The van der Waals surface area contributed by atoms with Crippen molar-refractivity contribution in [1.82, 2.24) is 4.98 Å². The number of pyridine rings is 1. The third-order valence-corrected chi connectivity index (χ3v) is 3.82. The maximum atomic E-state index is 12.3. The predicted molar refractivity (Wildman–Crippen MR) is 99.4 cm³/mol. The maximum Gasteiger partial charge on any atom is 0.256 e. The first-order chi connectivity index (χ1) is 12.1. The summed E-state index contributed by atoms with van der Waals surface area (Å²) >= 11 is 11.7. The van der Waals surface area contributed by atoms with Gasteiger partial charge in [-0.25, -0.2) is 4.98 Å². The van der Waals surface area contributed by atoms with Gasteiger partial charge in [-0.3, -0.25) is 4.79 Å². The van der Waals surface area contributed by atoms with Crippen LogP contribution in [0.2, 0.25) is 10.0 Å². The molecule has 0 bridgehead atoms. The van der Waals surface area contributed by atoms with Gasteiger partial charge in [0.1, 0.15) is 18.2 Å². The highest BCUT2D eigenvalue weighted by Crippen LogP contribution is 2.19. The number of carbonyl (C=O) groups is 1. The van der Waals surface area contributed by atoms with Crippen LogP contribution in [0.3, 0.4) is 0 Å². The van der Waals surface area contributed by atoms with Gasteiger partial charge in [-0.2, -0.15) is 0 Å². The molecule has 126 valence electrons. The first kappa shape index (κ1) is 17.3. The molecule has 2 aromatic carbocycles. The molecular weight excluding hydrogens is 359 g/mol. The molecule has 0 unspecified atom stereocenters. The van der Waals surface area contributed by atoms with E-state index < -0.39 is 0 Å². The van der Waals surface area contributed by atoms with E-state index in [1.54, 1.807) is 42.5 Å². The Hall–Kier alpha value is -2.56. The normalized spacial score (nSPS) is 10.3. The van der Waals surface area contributed by atoms with Gasteiger partial charge in [0.25, 0.3) is 5.91 Å². The lowest BCUT2D eigenvalue weighted by Crippen LogP contribution is -2.13. The lowest BCUT2D eigenvalue weighted by molar-refractivity contribution is 0.102. The maximum absolute atomic E-state index is 12.3. The fourth-order valence-corrected chi connectivity index (χ4v) is 2.46. The molecule has 1 aromatic heterocycles. The molecular formula is C19H14Cl2N2O2. The summed E-state index contributed by atoms with van der Waals surface area (Å²) in [6.45, 7) is 0.334. The Kier molecular flexibility index (Phi) is 5.53. The number of hydrogen-bond donors (Lipinski definition) is 1. The van der Waals surface area contributed by atoms with Crippen molar-refractivity contribution >= 4 is 34.9 Å². The molecule has 0 spiro atoms. The number of ether oxygens (including phenoxy) is 1. The number of rotatable bonds is 5. The van der Waals surface area contributed by atoms with E-state index in [2.05, 4.69) is 10.3 Å². The van der Waals surface area contributed by atoms with Gasteiger partial charge in [0, 0.05) is 16.8 Å². The van der Waals surface area contributed by atoms with Gasteiger partial charge < -0.3 is 10.1 Å². The summed E-state index contributed by atoms with van der Waals surface area (Å²) in [7, 11) is 0. The van der Waals surface area contributed by atoms with Crippen LogP contribution >= 0.6 is 23.2 Å². The molecule has 0 saturated carbocycles. The second-order valence-corrected chi connectivity index (χ2v) is 6.14. The van der Waals surface area contributed by atoms with Crippen LogP contribution in [0.25, 0.3) is 0 Å². The van der Waals surface area contributed by atoms with E-state index in [4.69, 9.17) is 27.9 Å². The Labute approximate surface area is 155 Å². The van der Waals surface area contributed by atoms with Crippen molar-refractivity contribution in [3.63, 3.8) is 0 Å². The number of amides is 1. The van der Waals surface area contributed by atoms with E-state index in [1.807, 2.05) is 18.2 Å². The Morgan fingerprint density at radius 1 is 1.00 bits per heavy atom. The number of nitrogens with zero attached hydrogens (tertiary/aromatic N) is 1. The van der Waals surface area contributed by atoms with Crippen LogP contribution in [0.1, 0.15) is 15.9 Å². The standard InChI is InChI=1S/C19H14Cl2N2O2/c20-15-5-2-6-17(10-15)25-12-13-3-1-4-14(9-13)19(24)23-18-8-7-16(21)11-22-18/h1-11H,12H2,(H,22,23,24). The minimum atomic E-state index is -0.251. The van der Waals surface area contributed by atoms with Gasteiger partial charge in [0.05, 0.1) is 5.02 Å². The summed E-state index contributed by atoms with van der Waals surface area (Å²) in [5.74, 6) is 0.863. The summed E-state index contributed by atoms with van der Waals surface area (Å²) < 4.78 is 5.70. The van der Waals surface area contributed by atoms with E-state index in [0.717, 1.165) is 5.56 Å². The molecule has 1 N–H and O–H groups in total. The van der Waals surface area contributed by atoms with Gasteiger partial charge in [0.15, 0.2) is 0 Å². The quantitative estimate of drug-likeness (QED) is 0.667. The van der Waals surface area contributed by atoms with E-state index >= 15 is 0 Å². The average molecular weight is 373 g/mol. The number of hydrogen-bond acceptors (Lipinski definition) is 3. The summed E-state index contributed by atoms with van der Waals surface area (Å²) in [5, 5.41) is 3.85. The average Bonchev–Trinajstić information content (AvgIpc) is 2.62. The molecule has 25 heavy (non-hydrogen) atoms. The van der Waals surface area contributed by atoms with Crippen molar-refractivity contribution in [2.45, 2.75) is 6.61 Å². The second-order valence-electron chi connectivity index (χ2n) is 5.26. The fourth-order valence-electron chi connectivity index (χ4n) is 2.16. The van der Waals surface area contributed by atoms with Gasteiger partial charge >= 0.3 is 0 Å². The van der Waals surface area contributed by atoms with Gasteiger partial charge in [-0.05, 0) is 48.0 Å². The minimum absolute atomic E-state index is 0.251. The molecule has 6 heteroatoms. The topological polar surface area (TPSA) is 51.2 Å². The first-order valence-corrected chi connectivity index (χ1v) is 8.26. The monoisotopic (exact) mass is 372 g/mol. The summed E-state index contributed by atoms with van der Waals surface area (Å²) in [6.07, 6.45) is 1.48. The third-order valence-electron chi connectivity index (χ3n) is 3.36. The van der Waals surface area contributed by atoms with Crippen LogP contribution in [-0.2, 0) is 6.61 Å². The summed E-state index contributed by atoms with van der Waals surface area (Å²) in [6, 6.07) is 17.7. The molecule has 0 fully saturated rings. The SMILES string of the molecule is O=C(Nc1ccc(Cl)cn1)c1cccc(COc2cccc(Cl)c2)c1. The van der Waals surface area contributed by atoms with Crippen LogP contribution in [0.15, 0.2) is 66.9 Å². The fraction of sp³-hybridized carbons (Fsp3) is 0.0526. The highest BCUT2D eigenvalue weighted by atomic mass is 35.5. The molecule has 0 radical (unpaired) electrons. The van der Waals surface area contributed by atoms with Crippen LogP contribution in [-0.4, -0.2) is 10.9 Å². The molecule has 0 aliphatic heterocycles. The van der Waals surface area contributed by atoms with E-state index in [1.165, 1.54) is 6.20 Å². The highest BCUT2D eigenvalue weighted by Gasteiger charge is 2.08. The van der Waals surface area contributed by atoms with Gasteiger partial charge in [-0.1, -0.05) is 41.4 Å². The molecule has 3 aromatic rings. The number of halogens is 2. The Balaban J connectivity index is 1.66. The zero-order valence-corrected chi connectivity index (χ0v) is 14.6. The number of carbonyl (C=O) groups excluding carboxylic acids is 1. The molecule has 0 aliphatic rings. The third kappa shape index (κ3) is 4.95.